The molecule has 1 aromatic carbocycles. The Balaban J connectivity index is 2.06. The molecule has 0 aliphatic carbocycles. The highest BCUT2D eigenvalue weighted by Crippen LogP contribution is 2.27. The van der Waals surface area contributed by atoms with Crippen LogP contribution in [0.3, 0.4) is 0 Å². The molecule has 0 radical (unpaired) electrons. The third-order valence-electron chi connectivity index (χ3n) is 2.50. The number of aromatic nitrogens is 1. The zero-order chi connectivity index (χ0) is 14.5. The first-order chi connectivity index (χ1) is 9.61. The number of ether oxygens (including phenoxy) is 1. The highest BCUT2D eigenvalue weighted by Gasteiger charge is 2.09. The number of carbonyl (C=O) groups is 1. The molecule has 1 amide bonds. The Morgan fingerprint density at radius 3 is 2.80 bits per heavy atom. The van der Waals surface area contributed by atoms with E-state index in [4.69, 9.17) is 22.2 Å². The van der Waals surface area contributed by atoms with E-state index in [2.05, 4.69) is 4.98 Å². The Labute approximate surface area is 119 Å². The van der Waals surface area contributed by atoms with Crippen molar-refractivity contribution in [3.8, 4) is 5.75 Å². The van der Waals surface area contributed by atoms with E-state index >= 15 is 0 Å². The number of hydrogen-bond acceptors (Lipinski definition) is 4. The number of nitrogens with two attached hydrogens (primary N) is 1. The normalized spacial score (nSPS) is 10.2. The number of carbonyl (C=O) groups excluding carboxylic acids is 1. The van der Waals surface area contributed by atoms with Crippen molar-refractivity contribution in [2.75, 3.05) is 0 Å². The van der Waals surface area contributed by atoms with Gasteiger partial charge in [0.25, 0.3) is 5.91 Å². The number of nitrogens with one attached hydrogen (secondary N) is 1. The van der Waals surface area contributed by atoms with Crippen molar-refractivity contribution >= 4 is 17.5 Å². The summed E-state index contributed by atoms with van der Waals surface area (Å²) in [5.41, 5.74) is 2.84. The van der Waals surface area contributed by atoms with Crippen LogP contribution in [0.2, 0.25) is 5.02 Å². The quantitative estimate of drug-likeness (QED) is 0.514. The Morgan fingerprint density at radius 1 is 1.40 bits per heavy atom. The van der Waals surface area contributed by atoms with Crippen molar-refractivity contribution in [2.24, 2.45) is 5.84 Å². The summed E-state index contributed by atoms with van der Waals surface area (Å²) in [5.74, 6) is 3.99. The smallest absolute Gasteiger partial charge is 0.266 e. The molecule has 0 bridgehead atoms. The number of benzene rings is 1. The summed E-state index contributed by atoms with van der Waals surface area (Å²) in [6.07, 6.45) is 1.35. The molecule has 0 saturated heterocycles. The lowest BCUT2D eigenvalue weighted by atomic mass is 10.2. The van der Waals surface area contributed by atoms with Gasteiger partial charge in [-0.3, -0.25) is 15.2 Å². The molecule has 1 aromatic heterocycles. The largest absolute Gasteiger partial charge is 0.483 e. The SMILES string of the molecule is NNC(=O)c1ccc(COc2c(F)cccc2Cl)nc1. The molecule has 1 heterocycles. The van der Waals surface area contributed by atoms with Crippen LogP contribution in [0.4, 0.5) is 4.39 Å². The van der Waals surface area contributed by atoms with Gasteiger partial charge in [-0.1, -0.05) is 17.7 Å². The molecule has 2 aromatic rings. The van der Waals surface area contributed by atoms with Crippen molar-refractivity contribution in [3.63, 3.8) is 0 Å². The number of halogens is 2. The van der Waals surface area contributed by atoms with Crippen LogP contribution in [-0.4, -0.2) is 10.9 Å². The van der Waals surface area contributed by atoms with Gasteiger partial charge in [0.05, 0.1) is 16.3 Å². The molecule has 0 aliphatic heterocycles. The van der Waals surface area contributed by atoms with Crippen molar-refractivity contribution < 1.29 is 13.9 Å². The van der Waals surface area contributed by atoms with Gasteiger partial charge in [-0.25, -0.2) is 10.2 Å². The average molecular weight is 296 g/mol. The highest BCUT2D eigenvalue weighted by molar-refractivity contribution is 6.32. The van der Waals surface area contributed by atoms with E-state index in [-0.39, 0.29) is 17.4 Å². The van der Waals surface area contributed by atoms with Crippen LogP contribution in [0.5, 0.6) is 5.75 Å². The summed E-state index contributed by atoms with van der Waals surface area (Å²) in [6, 6.07) is 7.39. The zero-order valence-corrected chi connectivity index (χ0v) is 11.0. The number of rotatable bonds is 4. The molecular weight excluding hydrogens is 285 g/mol. The number of hydrazine groups is 1. The van der Waals surface area contributed by atoms with Crippen molar-refractivity contribution in [2.45, 2.75) is 6.61 Å². The number of para-hydroxylation sites is 1. The molecule has 3 N–H and O–H groups in total. The summed E-state index contributed by atoms with van der Waals surface area (Å²) in [6.45, 7) is 0.0329. The van der Waals surface area contributed by atoms with Gasteiger partial charge in [0.15, 0.2) is 11.6 Å². The first kappa shape index (κ1) is 14.2. The average Bonchev–Trinajstić information content (AvgIpc) is 2.46. The second kappa shape index (κ2) is 6.31. The molecule has 0 unspecified atom stereocenters. The third kappa shape index (κ3) is 3.23. The van der Waals surface area contributed by atoms with E-state index in [1.165, 1.54) is 30.5 Å². The van der Waals surface area contributed by atoms with E-state index in [1.807, 2.05) is 5.43 Å². The minimum absolute atomic E-state index is 0.0280. The lowest BCUT2D eigenvalue weighted by molar-refractivity contribution is 0.0953. The lowest BCUT2D eigenvalue weighted by Gasteiger charge is -2.08. The molecule has 0 saturated carbocycles. The lowest BCUT2D eigenvalue weighted by Crippen LogP contribution is -2.30. The van der Waals surface area contributed by atoms with Gasteiger partial charge < -0.3 is 4.74 Å². The first-order valence-corrected chi connectivity index (χ1v) is 6.02. The van der Waals surface area contributed by atoms with Crippen LogP contribution in [-0.2, 0) is 6.61 Å². The van der Waals surface area contributed by atoms with Gasteiger partial charge in [-0.15, -0.1) is 0 Å². The molecule has 0 fully saturated rings. The predicted octanol–water partition coefficient (Wildman–Crippen LogP) is 2.06. The van der Waals surface area contributed by atoms with Crippen LogP contribution >= 0.6 is 11.6 Å². The summed E-state index contributed by atoms with van der Waals surface area (Å²) >= 11 is 5.83. The minimum Gasteiger partial charge on any atom is -0.483 e. The van der Waals surface area contributed by atoms with Crippen LogP contribution < -0.4 is 16.0 Å². The van der Waals surface area contributed by atoms with E-state index in [9.17, 15) is 9.18 Å². The fourth-order valence-electron chi connectivity index (χ4n) is 1.49. The molecule has 20 heavy (non-hydrogen) atoms. The van der Waals surface area contributed by atoms with Crippen molar-refractivity contribution in [1.29, 1.82) is 0 Å². The summed E-state index contributed by atoms with van der Waals surface area (Å²) in [7, 11) is 0. The van der Waals surface area contributed by atoms with Gasteiger partial charge in [0, 0.05) is 6.20 Å². The fraction of sp³-hybridized carbons (Fsp3) is 0.0769. The third-order valence-corrected chi connectivity index (χ3v) is 2.80. The topological polar surface area (TPSA) is 77.2 Å². The Kier molecular flexibility index (Phi) is 4.49. The van der Waals surface area contributed by atoms with Crippen molar-refractivity contribution in [1.82, 2.24) is 10.4 Å². The van der Waals surface area contributed by atoms with Crippen LogP contribution in [0, 0.1) is 5.82 Å². The minimum atomic E-state index is -0.545. The van der Waals surface area contributed by atoms with E-state index in [0.29, 0.717) is 11.3 Å². The molecule has 0 spiro atoms. The summed E-state index contributed by atoms with van der Waals surface area (Å²) in [4.78, 5) is 15.2. The Bertz CT molecular complexity index is 599. The monoisotopic (exact) mass is 295 g/mol. The van der Waals surface area contributed by atoms with Gasteiger partial charge in [0.1, 0.15) is 6.61 Å². The standard InChI is InChI=1S/C13H11ClFN3O2/c14-10-2-1-3-11(15)12(10)20-7-9-5-4-8(6-17-9)13(19)18-16/h1-6H,7,16H2,(H,18,19). The van der Waals surface area contributed by atoms with Gasteiger partial charge in [-0.2, -0.15) is 0 Å². The van der Waals surface area contributed by atoms with Crippen LogP contribution in [0.15, 0.2) is 36.5 Å². The van der Waals surface area contributed by atoms with Crippen LogP contribution in [0.1, 0.15) is 16.1 Å². The molecule has 7 heteroatoms. The predicted molar refractivity (Wildman–Crippen MR) is 71.6 cm³/mol. The van der Waals surface area contributed by atoms with Gasteiger partial charge >= 0.3 is 0 Å². The maximum absolute atomic E-state index is 13.5. The summed E-state index contributed by atoms with van der Waals surface area (Å²) in [5, 5.41) is 0.184. The molecule has 5 nitrogen and oxygen atoms in total. The van der Waals surface area contributed by atoms with Crippen molar-refractivity contribution in [3.05, 3.63) is 58.6 Å². The van der Waals surface area contributed by atoms with Gasteiger partial charge in [0.2, 0.25) is 0 Å². The van der Waals surface area contributed by atoms with E-state index in [0.717, 1.165) is 0 Å². The molecule has 104 valence electrons. The second-order valence-corrected chi connectivity index (χ2v) is 4.26. The first-order valence-electron chi connectivity index (χ1n) is 5.64. The number of hydrogen-bond donors (Lipinski definition) is 2. The fourth-order valence-corrected chi connectivity index (χ4v) is 1.71. The second-order valence-electron chi connectivity index (χ2n) is 3.85. The van der Waals surface area contributed by atoms with Crippen LogP contribution in [0.25, 0.3) is 0 Å². The molecule has 0 atom stereocenters. The number of amides is 1. The zero-order valence-electron chi connectivity index (χ0n) is 10.3. The highest BCUT2D eigenvalue weighted by atomic mass is 35.5. The number of pyridine rings is 1. The maximum atomic E-state index is 13.5. The molecule has 0 aliphatic rings. The maximum Gasteiger partial charge on any atom is 0.266 e. The number of nitrogens with zero attached hydrogens (tertiary/aromatic N) is 1. The Hall–Kier alpha value is -2.18. The van der Waals surface area contributed by atoms with E-state index in [1.54, 1.807) is 6.07 Å². The number of nitrogen functional groups attached to an aromatic ring is 1. The summed E-state index contributed by atoms with van der Waals surface area (Å²) < 4.78 is 18.8. The van der Waals surface area contributed by atoms with E-state index < -0.39 is 11.7 Å². The molecule has 2 rings (SSSR count). The Morgan fingerprint density at radius 2 is 2.20 bits per heavy atom. The van der Waals surface area contributed by atoms with Gasteiger partial charge in [-0.05, 0) is 24.3 Å². The molecular formula is C13H11ClFN3O2.